The van der Waals surface area contributed by atoms with Crippen molar-refractivity contribution in [2.45, 2.75) is 52.0 Å². The van der Waals surface area contributed by atoms with Gasteiger partial charge >= 0.3 is 5.97 Å². The standard InChI is InChI=1S/C13H25NO2/c1-4-6-10-7-8-11(13(15)16)12(9-10)14(3)5-2/h10-12H,4-9H2,1-3H3,(H,15,16). The van der Waals surface area contributed by atoms with Crippen LogP contribution in [-0.2, 0) is 4.79 Å². The number of rotatable bonds is 5. The van der Waals surface area contributed by atoms with E-state index in [0.717, 1.165) is 31.7 Å². The molecule has 0 saturated heterocycles. The molecule has 3 nitrogen and oxygen atoms in total. The lowest BCUT2D eigenvalue weighted by molar-refractivity contribution is -0.146. The van der Waals surface area contributed by atoms with E-state index < -0.39 is 5.97 Å². The molecule has 0 aliphatic heterocycles. The van der Waals surface area contributed by atoms with Crippen molar-refractivity contribution in [3.05, 3.63) is 0 Å². The Morgan fingerprint density at radius 3 is 2.56 bits per heavy atom. The van der Waals surface area contributed by atoms with E-state index in [1.165, 1.54) is 12.8 Å². The molecule has 94 valence electrons. The fourth-order valence-electron chi connectivity index (χ4n) is 2.91. The van der Waals surface area contributed by atoms with Crippen molar-refractivity contribution in [2.75, 3.05) is 13.6 Å². The van der Waals surface area contributed by atoms with Gasteiger partial charge in [-0.25, -0.2) is 0 Å². The first-order valence-corrected chi connectivity index (χ1v) is 6.53. The molecular formula is C13H25NO2. The fourth-order valence-corrected chi connectivity index (χ4v) is 2.91. The van der Waals surface area contributed by atoms with Crippen molar-refractivity contribution in [3.8, 4) is 0 Å². The lowest BCUT2D eigenvalue weighted by atomic mass is 9.76. The maximum atomic E-state index is 11.2. The number of carbonyl (C=O) groups is 1. The van der Waals surface area contributed by atoms with Crippen LogP contribution in [0.5, 0.6) is 0 Å². The van der Waals surface area contributed by atoms with Crippen LogP contribution in [0.25, 0.3) is 0 Å². The first-order valence-electron chi connectivity index (χ1n) is 6.53. The van der Waals surface area contributed by atoms with Crippen LogP contribution in [0.2, 0.25) is 0 Å². The Kier molecular flexibility index (Phi) is 5.26. The van der Waals surface area contributed by atoms with Gasteiger partial charge in [0.25, 0.3) is 0 Å². The van der Waals surface area contributed by atoms with E-state index in [4.69, 9.17) is 0 Å². The zero-order valence-electron chi connectivity index (χ0n) is 10.8. The Labute approximate surface area is 98.8 Å². The van der Waals surface area contributed by atoms with E-state index >= 15 is 0 Å². The maximum absolute atomic E-state index is 11.2. The van der Waals surface area contributed by atoms with Gasteiger partial charge in [0.2, 0.25) is 0 Å². The highest BCUT2D eigenvalue weighted by molar-refractivity contribution is 5.71. The van der Waals surface area contributed by atoms with Crippen LogP contribution in [0, 0.1) is 11.8 Å². The topological polar surface area (TPSA) is 40.5 Å². The Hall–Kier alpha value is -0.570. The molecule has 0 amide bonds. The first kappa shape index (κ1) is 13.5. The molecule has 3 heteroatoms. The quantitative estimate of drug-likeness (QED) is 0.785. The van der Waals surface area contributed by atoms with Gasteiger partial charge in [0, 0.05) is 6.04 Å². The molecule has 16 heavy (non-hydrogen) atoms. The van der Waals surface area contributed by atoms with Crippen molar-refractivity contribution in [3.63, 3.8) is 0 Å². The van der Waals surface area contributed by atoms with Gasteiger partial charge in [0.1, 0.15) is 0 Å². The van der Waals surface area contributed by atoms with E-state index in [2.05, 4.69) is 25.8 Å². The summed E-state index contributed by atoms with van der Waals surface area (Å²) in [7, 11) is 2.05. The van der Waals surface area contributed by atoms with Gasteiger partial charge in [-0.15, -0.1) is 0 Å². The van der Waals surface area contributed by atoms with Crippen molar-refractivity contribution in [2.24, 2.45) is 11.8 Å². The molecule has 0 bridgehead atoms. The number of carboxylic acids is 1. The average molecular weight is 227 g/mol. The smallest absolute Gasteiger partial charge is 0.308 e. The molecule has 1 N–H and O–H groups in total. The Balaban J connectivity index is 2.65. The predicted molar refractivity (Wildman–Crippen MR) is 65.5 cm³/mol. The van der Waals surface area contributed by atoms with Crippen LogP contribution in [0.3, 0.4) is 0 Å². The largest absolute Gasteiger partial charge is 0.481 e. The summed E-state index contributed by atoms with van der Waals surface area (Å²) >= 11 is 0. The summed E-state index contributed by atoms with van der Waals surface area (Å²) in [6.07, 6.45) is 5.48. The van der Waals surface area contributed by atoms with Gasteiger partial charge < -0.3 is 10.0 Å². The van der Waals surface area contributed by atoms with Gasteiger partial charge in [-0.05, 0) is 38.8 Å². The summed E-state index contributed by atoms with van der Waals surface area (Å²) in [4.78, 5) is 13.4. The van der Waals surface area contributed by atoms with Crippen molar-refractivity contribution >= 4 is 5.97 Å². The predicted octanol–water partition coefficient (Wildman–Crippen LogP) is 2.61. The van der Waals surface area contributed by atoms with Crippen LogP contribution in [0.4, 0.5) is 0 Å². The molecule has 0 aromatic carbocycles. The second-order valence-electron chi connectivity index (χ2n) is 5.05. The minimum absolute atomic E-state index is 0.155. The van der Waals surface area contributed by atoms with E-state index in [1.54, 1.807) is 0 Å². The SMILES string of the molecule is CCCC1CCC(C(=O)O)C(N(C)CC)C1. The first-order chi connectivity index (χ1) is 7.60. The molecule has 1 rings (SSSR count). The number of carboxylic acid groups (broad SMARTS) is 1. The zero-order valence-corrected chi connectivity index (χ0v) is 10.8. The summed E-state index contributed by atoms with van der Waals surface area (Å²) in [5.74, 6) is -0.0297. The van der Waals surface area contributed by atoms with Crippen molar-refractivity contribution in [1.82, 2.24) is 4.90 Å². The van der Waals surface area contributed by atoms with Gasteiger partial charge in [0.05, 0.1) is 5.92 Å². The van der Waals surface area contributed by atoms with Gasteiger partial charge in [-0.3, -0.25) is 4.79 Å². The molecule has 0 radical (unpaired) electrons. The van der Waals surface area contributed by atoms with E-state index in [9.17, 15) is 9.90 Å². The highest BCUT2D eigenvalue weighted by Gasteiger charge is 2.36. The molecule has 1 fully saturated rings. The highest BCUT2D eigenvalue weighted by Crippen LogP contribution is 2.34. The second-order valence-corrected chi connectivity index (χ2v) is 5.05. The average Bonchev–Trinajstić information content (AvgIpc) is 2.28. The fraction of sp³-hybridized carbons (Fsp3) is 0.923. The summed E-state index contributed by atoms with van der Waals surface area (Å²) in [5, 5.41) is 9.24. The molecule has 0 heterocycles. The minimum atomic E-state index is -0.611. The lowest BCUT2D eigenvalue weighted by Gasteiger charge is -2.39. The summed E-state index contributed by atoms with van der Waals surface area (Å²) < 4.78 is 0. The van der Waals surface area contributed by atoms with E-state index in [-0.39, 0.29) is 12.0 Å². The molecule has 0 spiro atoms. The number of hydrogen-bond donors (Lipinski definition) is 1. The molecule has 0 aromatic rings. The third-order valence-electron chi connectivity index (χ3n) is 4.00. The molecular weight excluding hydrogens is 202 g/mol. The molecule has 3 unspecified atom stereocenters. The van der Waals surface area contributed by atoms with Crippen molar-refractivity contribution in [1.29, 1.82) is 0 Å². The highest BCUT2D eigenvalue weighted by atomic mass is 16.4. The third kappa shape index (κ3) is 3.21. The van der Waals surface area contributed by atoms with Crippen LogP contribution in [0.15, 0.2) is 0 Å². The lowest BCUT2D eigenvalue weighted by Crippen LogP contribution is -2.45. The summed E-state index contributed by atoms with van der Waals surface area (Å²) in [5.41, 5.74) is 0. The van der Waals surface area contributed by atoms with Crippen LogP contribution >= 0.6 is 0 Å². The van der Waals surface area contributed by atoms with Crippen LogP contribution in [-0.4, -0.2) is 35.6 Å². The number of aliphatic carboxylic acids is 1. The maximum Gasteiger partial charge on any atom is 0.308 e. The summed E-state index contributed by atoms with van der Waals surface area (Å²) in [6.45, 7) is 5.25. The zero-order chi connectivity index (χ0) is 12.1. The second kappa shape index (κ2) is 6.24. The van der Waals surface area contributed by atoms with Gasteiger partial charge in [-0.2, -0.15) is 0 Å². The number of nitrogens with zero attached hydrogens (tertiary/aromatic N) is 1. The molecule has 1 saturated carbocycles. The van der Waals surface area contributed by atoms with Crippen LogP contribution < -0.4 is 0 Å². The number of hydrogen-bond acceptors (Lipinski definition) is 2. The molecule has 3 atom stereocenters. The van der Waals surface area contributed by atoms with E-state index in [0.29, 0.717) is 0 Å². The van der Waals surface area contributed by atoms with Gasteiger partial charge in [0.15, 0.2) is 0 Å². The molecule has 0 aromatic heterocycles. The van der Waals surface area contributed by atoms with Crippen molar-refractivity contribution < 1.29 is 9.90 Å². The molecule has 1 aliphatic rings. The molecule has 1 aliphatic carbocycles. The van der Waals surface area contributed by atoms with Gasteiger partial charge in [-0.1, -0.05) is 26.7 Å². The normalized spacial score (nSPS) is 30.6. The summed E-state index contributed by atoms with van der Waals surface area (Å²) in [6, 6.07) is 0.243. The van der Waals surface area contributed by atoms with Crippen LogP contribution in [0.1, 0.15) is 46.0 Å². The Bertz CT molecular complexity index is 230. The Morgan fingerprint density at radius 1 is 1.38 bits per heavy atom. The third-order valence-corrected chi connectivity index (χ3v) is 4.00. The van der Waals surface area contributed by atoms with E-state index in [1.807, 2.05) is 0 Å². The minimum Gasteiger partial charge on any atom is -0.481 e. The Morgan fingerprint density at radius 2 is 2.06 bits per heavy atom. The monoisotopic (exact) mass is 227 g/mol.